The molecule has 1 aliphatic rings. The zero-order chi connectivity index (χ0) is 21.4. The highest BCUT2D eigenvalue weighted by Crippen LogP contribution is 2.37. The Kier molecular flexibility index (Phi) is 5.00. The Morgan fingerprint density at radius 1 is 1.00 bits per heavy atom. The topological polar surface area (TPSA) is 45.3 Å². The molecular weight excluding hydrogens is 398 g/mol. The van der Waals surface area contributed by atoms with Crippen LogP contribution in [0.1, 0.15) is 33.3 Å². The van der Waals surface area contributed by atoms with Crippen LogP contribution in [0.5, 0.6) is 0 Å². The van der Waals surface area contributed by atoms with Crippen molar-refractivity contribution in [1.29, 1.82) is 0 Å². The maximum atomic E-state index is 14.7. The fourth-order valence-corrected chi connectivity index (χ4v) is 4.14. The number of hydrogen-bond acceptors (Lipinski definition) is 2. The second-order valence-corrected chi connectivity index (χ2v) is 7.59. The van der Waals surface area contributed by atoms with Crippen molar-refractivity contribution in [3.8, 4) is 0 Å². The Labute approximate surface area is 178 Å². The Morgan fingerprint density at radius 2 is 1.77 bits per heavy atom. The van der Waals surface area contributed by atoms with Gasteiger partial charge < -0.3 is 14.6 Å². The number of nitrogens with one attached hydrogen (secondary N) is 1. The summed E-state index contributed by atoms with van der Waals surface area (Å²) in [5.41, 5.74) is 2.92. The Morgan fingerprint density at radius 3 is 2.58 bits per heavy atom. The van der Waals surface area contributed by atoms with Crippen LogP contribution < -0.4 is 0 Å². The third kappa shape index (κ3) is 3.59. The summed E-state index contributed by atoms with van der Waals surface area (Å²) < 4.78 is 34.3. The third-order valence-electron chi connectivity index (χ3n) is 5.62. The zero-order valence-electron chi connectivity index (χ0n) is 16.6. The van der Waals surface area contributed by atoms with Gasteiger partial charge in [0.2, 0.25) is 0 Å². The van der Waals surface area contributed by atoms with Gasteiger partial charge in [-0.3, -0.25) is 4.79 Å². The summed E-state index contributed by atoms with van der Waals surface area (Å²) in [5, 5.41) is 0.779. The minimum atomic E-state index is -0.824. The molecule has 156 valence electrons. The molecule has 1 N–H and O–H groups in total. The van der Waals surface area contributed by atoms with Crippen LogP contribution in [0, 0.1) is 11.6 Å². The van der Waals surface area contributed by atoms with E-state index in [0.717, 1.165) is 22.5 Å². The first-order valence-corrected chi connectivity index (χ1v) is 10.1. The molecule has 4 nitrogen and oxygen atoms in total. The van der Waals surface area contributed by atoms with Gasteiger partial charge in [0.05, 0.1) is 6.61 Å². The number of benzene rings is 3. The summed E-state index contributed by atoms with van der Waals surface area (Å²) in [6.07, 6.45) is -0.824. The number of aromatic amines is 1. The van der Waals surface area contributed by atoms with Crippen molar-refractivity contribution < 1.29 is 18.3 Å². The average Bonchev–Trinajstić information content (AvgIpc) is 3.15. The standard InChI is InChI=1S/C25H20F2N2O2/c26-17-10-11-18(20(27)14-17)24-22-19-8-4-5-9-21(19)28-23(22)25(30)29(12-13-31-24)15-16-6-2-1-3-7-16/h1-11,14,24,28H,12-13,15H2/t24-/m0/s1. The van der Waals surface area contributed by atoms with Gasteiger partial charge in [0, 0.05) is 41.2 Å². The molecule has 2 heterocycles. The van der Waals surface area contributed by atoms with Gasteiger partial charge in [-0.25, -0.2) is 8.78 Å². The first-order valence-electron chi connectivity index (χ1n) is 10.1. The lowest BCUT2D eigenvalue weighted by atomic mass is 9.96. The molecular formula is C25H20F2N2O2. The summed E-state index contributed by atoms with van der Waals surface area (Å²) in [7, 11) is 0. The molecule has 31 heavy (non-hydrogen) atoms. The fourth-order valence-electron chi connectivity index (χ4n) is 4.14. The van der Waals surface area contributed by atoms with Gasteiger partial charge in [-0.05, 0) is 17.7 Å². The van der Waals surface area contributed by atoms with Crippen molar-refractivity contribution >= 4 is 16.8 Å². The van der Waals surface area contributed by atoms with E-state index in [1.165, 1.54) is 12.1 Å². The van der Waals surface area contributed by atoms with Crippen LogP contribution in [0.2, 0.25) is 0 Å². The Hall–Kier alpha value is -3.51. The number of aromatic nitrogens is 1. The highest BCUT2D eigenvalue weighted by molar-refractivity contribution is 6.01. The number of fused-ring (bicyclic) bond motifs is 3. The lowest BCUT2D eigenvalue weighted by Crippen LogP contribution is -2.37. The predicted octanol–water partition coefficient (Wildman–Crippen LogP) is 5.21. The van der Waals surface area contributed by atoms with Crippen molar-refractivity contribution in [2.75, 3.05) is 13.2 Å². The van der Waals surface area contributed by atoms with E-state index in [-0.39, 0.29) is 18.1 Å². The van der Waals surface area contributed by atoms with Crippen molar-refractivity contribution in [2.45, 2.75) is 12.6 Å². The van der Waals surface area contributed by atoms with Gasteiger partial charge in [0.25, 0.3) is 5.91 Å². The van der Waals surface area contributed by atoms with E-state index in [9.17, 15) is 13.6 Å². The van der Waals surface area contributed by atoms with E-state index in [1.54, 1.807) is 4.90 Å². The highest BCUT2D eigenvalue weighted by atomic mass is 19.1. The summed E-state index contributed by atoms with van der Waals surface area (Å²) >= 11 is 0. The first kappa shape index (κ1) is 19.5. The molecule has 0 radical (unpaired) electrons. The number of halogens is 2. The number of carbonyl (C=O) groups excluding carboxylic acids is 1. The molecule has 4 aromatic rings. The smallest absolute Gasteiger partial charge is 0.271 e. The largest absolute Gasteiger partial charge is 0.367 e. The van der Waals surface area contributed by atoms with Crippen LogP contribution in [0.4, 0.5) is 8.78 Å². The second-order valence-electron chi connectivity index (χ2n) is 7.59. The minimum Gasteiger partial charge on any atom is -0.367 e. The maximum absolute atomic E-state index is 14.7. The van der Waals surface area contributed by atoms with Crippen molar-refractivity contribution in [2.24, 2.45) is 0 Å². The lowest BCUT2D eigenvalue weighted by Gasteiger charge is -2.29. The summed E-state index contributed by atoms with van der Waals surface area (Å²) in [6.45, 7) is 1.01. The van der Waals surface area contributed by atoms with E-state index >= 15 is 0 Å². The molecule has 0 saturated heterocycles. The molecule has 1 amide bonds. The van der Waals surface area contributed by atoms with Crippen LogP contribution in [0.3, 0.4) is 0 Å². The molecule has 5 rings (SSSR count). The van der Waals surface area contributed by atoms with Crippen LogP contribution in [0.25, 0.3) is 10.9 Å². The van der Waals surface area contributed by atoms with Gasteiger partial charge in [0.1, 0.15) is 23.4 Å². The molecule has 1 atom stereocenters. The summed E-state index contributed by atoms with van der Waals surface area (Å²) in [5.74, 6) is -1.53. The normalized spacial score (nSPS) is 16.8. The van der Waals surface area contributed by atoms with E-state index in [0.29, 0.717) is 24.3 Å². The quantitative estimate of drug-likeness (QED) is 0.497. The molecule has 0 aliphatic carbocycles. The van der Waals surface area contributed by atoms with Crippen LogP contribution in [0.15, 0.2) is 72.8 Å². The van der Waals surface area contributed by atoms with Crippen molar-refractivity contribution in [3.05, 3.63) is 107 Å². The molecule has 0 bridgehead atoms. The molecule has 0 spiro atoms. The van der Waals surface area contributed by atoms with Crippen molar-refractivity contribution in [1.82, 2.24) is 9.88 Å². The summed E-state index contributed by atoms with van der Waals surface area (Å²) in [6, 6.07) is 20.6. The minimum absolute atomic E-state index is 0.175. The number of hydrogen-bond donors (Lipinski definition) is 1. The number of H-pyrrole nitrogens is 1. The number of carbonyl (C=O) groups is 1. The molecule has 0 unspecified atom stereocenters. The Balaban J connectivity index is 1.64. The lowest BCUT2D eigenvalue weighted by molar-refractivity contribution is 0.0390. The van der Waals surface area contributed by atoms with Gasteiger partial charge in [-0.1, -0.05) is 54.6 Å². The third-order valence-corrected chi connectivity index (χ3v) is 5.62. The van der Waals surface area contributed by atoms with E-state index in [1.807, 2.05) is 54.6 Å². The molecule has 6 heteroatoms. The maximum Gasteiger partial charge on any atom is 0.271 e. The predicted molar refractivity (Wildman–Crippen MR) is 114 cm³/mol. The molecule has 0 saturated carbocycles. The number of ether oxygens (including phenoxy) is 1. The Bertz CT molecular complexity index is 1250. The van der Waals surface area contributed by atoms with Gasteiger partial charge >= 0.3 is 0 Å². The van der Waals surface area contributed by atoms with Gasteiger partial charge in [-0.15, -0.1) is 0 Å². The molecule has 1 aliphatic heterocycles. The molecule has 0 fully saturated rings. The van der Waals surface area contributed by atoms with E-state index < -0.39 is 17.7 Å². The monoisotopic (exact) mass is 418 g/mol. The van der Waals surface area contributed by atoms with Crippen LogP contribution in [-0.4, -0.2) is 28.9 Å². The molecule has 3 aromatic carbocycles. The van der Waals surface area contributed by atoms with Crippen LogP contribution >= 0.6 is 0 Å². The number of para-hydroxylation sites is 1. The average molecular weight is 418 g/mol. The highest BCUT2D eigenvalue weighted by Gasteiger charge is 2.32. The number of rotatable bonds is 3. The van der Waals surface area contributed by atoms with E-state index in [4.69, 9.17) is 4.74 Å². The second kappa shape index (κ2) is 7.96. The van der Waals surface area contributed by atoms with E-state index in [2.05, 4.69) is 4.98 Å². The fraction of sp³-hybridized carbons (Fsp3) is 0.160. The summed E-state index contributed by atoms with van der Waals surface area (Å²) in [4.78, 5) is 18.5. The van der Waals surface area contributed by atoms with Crippen LogP contribution in [-0.2, 0) is 11.3 Å². The van der Waals surface area contributed by atoms with Crippen molar-refractivity contribution in [3.63, 3.8) is 0 Å². The number of amides is 1. The zero-order valence-corrected chi connectivity index (χ0v) is 16.6. The molecule has 1 aromatic heterocycles. The van der Waals surface area contributed by atoms with Gasteiger partial charge in [0.15, 0.2) is 0 Å². The van der Waals surface area contributed by atoms with Gasteiger partial charge in [-0.2, -0.15) is 0 Å². The number of nitrogens with zero attached hydrogens (tertiary/aromatic N) is 1. The first-order chi connectivity index (χ1) is 15.1. The SMILES string of the molecule is O=C1c2[nH]c3ccccc3c2[C@H](c2ccc(F)cc2F)OCCN1Cc1ccccc1.